The van der Waals surface area contributed by atoms with Gasteiger partial charge in [0.05, 0.1) is 19.4 Å². The number of carbonyl (C=O) groups excluding carboxylic acids is 4. The van der Waals surface area contributed by atoms with Crippen LogP contribution in [0.1, 0.15) is 46.6 Å². The lowest BCUT2D eigenvalue weighted by Crippen LogP contribution is -2.51. The first-order chi connectivity index (χ1) is 17.8. The number of likely N-dealkylation sites (tertiary alicyclic amines) is 1. The molecule has 0 aromatic heterocycles. The maximum atomic E-state index is 13.9. The molecule has 2 fully saturated rings. The molecule has 2 aliphatic rings. The second-order valence-electron chi connectivity index (χ2n) is 11.6. The average Bonchev–Trinajstić information content (AvgIpc) is 3.17. The van der Waals surface area contributed by atoms with Crippen molar-refractivity contribution < 1.29 is 33.4 Å². The van der Waals surface area contributed by atoms with Crippen LogP contribution in [0.15, 0.2) is 43.0 Å². The molecule has 2 amide bonds. The van der Waals surface area contributed by atoms with E-state index in [0.717, 1.165) is 5.56 Å². The molecule has 0 spiro atoms. The molecule has 3 rings (SSSR count). The topological polar surface area (TPSA) is 102 Å². The molecule has 9 heteroatoms. The molecular weight excluding hydrogens is 488 g/mol. The number of piperidine rings is 1. The van der Waals surface area contributed by atoms with Crippen molar-refractivity contribution in [3.8, 4) is 0 Å². The summed E-state index contributed by atoms with van der Waals surface area (Å²) < 4.78 is 16.0. The number of methoxy groups -OCH3 is 1. The van der Waals surface area contributed by atoms with Crippen molar-refractivity contribution in [3.63, 3.8) is 0 Å². The molecule has 0 N–H and O–H groups in total. The number of ether oxygens (including phenoxy) is 3. The highest BCUT2D eigenvalue weighted by Gasteiger charge is 2.70. The van der Waals surface area contributed by atoms with E-state index in [1.165, 1.54) is 23.0 Å². The van der Waals surface area contributed by atoms with Gasteiger partial charge < -0.3 is 24.0 Å². The standard InChI is InChI=1S/C29H40N2O7/c1-8-14-30(27(35)37-18-19-12-10-9-11-13-19)16-20(15-22(32)38-28(2,3)4)25(33)31-17-21-23(29(21,5)6)24(31)26(34)36-7/h8-13,20-21,23-24H,1,14-18H2,2-7H3/t20-,21-,23-,24-/m0/s1. The molecule has 1 aliphatic heterocycles. The third kappa shape index (κ3) is 6.74. The number of nitrogens with zero attached hydrogens (tertiary/aromatic N) is 2. The Kier molecular flexibility index (Phi) is 8.90. The fraction of sp³-hybridized carbons (Fsp3) is 0.586. The van der Waals surface area contributed by atoms with E-state index in [1.807, 2.05) is 30.3 Å². The highest BCUT2D eigenvalue weighted by Crippen LogP contribution is 2.65. The summed E-state index contributed by atoms with van der Waals surface area (Å²) in [6.45, 7) is 13.6. The van der Waals surface area contributed by atoms with Gasteiger partial charge in [0, 0.05) is 25.6 Å². The fourth-order valence-corrected chi connectivity index (χ4v) is 5.41. The molecule has 208 valence electrons. The first-order valence-electron chi connectivity index (χ1n) is 13.0. The van der Waals surface area contributed by atoms with E-state index in [9.17, 15) is 19.2 Å². The fourth-order valence-electron chi connectivity index (χ4n) is 5.41. The predicted octanol–water partition coefficient (Wildman–Crippen LogP) is 3.82. The Morgan fingerprint density at radius 2 is 1.84 bits per heavy atom. The third-order valence-corrected chi connectivity index (χ3v) is 7.37. The first kappa shape index (κ1) is 29.2. The summed E-state index contributed by atoms with van der Waals surface area (Å²) in [7, 11) is 1.31. The minimum atomic E-state index is -0.943. The normalized spacial score (nSPS) is 22.1. The predicted molar refractivity (Wildman–Crippen MR) is 141 cm³/mol. The summed E-state index contributed by atoms with van der Waals surface area (Å²) in [5.41, 5.74) is 0.000928. The smallest absolute Gasteiger partial charge is 0.410 e. The van der Waals surface area contributed by atoms with Crippen molar-refractivity contribution in [2.45, 2.75) is 59.3 Å². The minimum Gasteiger partial charge on any atom is -0.467 e. The van der Waals surface area contributed by atoms with E-state index in [0.29, 0.717) is 6.54 Å². The quantitative estimate of drug-likeness (QED) is 0.258. The van der Waals surface area contributed by atoms with Crippen molar-refractivity contribution >= 4 is 23.9 Å². The van der Waals surface area contributed by atoms with E-state index in [2.05, 4.69) is 20.4 Å². The maximum Gasteiger partial charge on any atom is 0.410 e. The lowest BCUT2D eigenvalue weighted by molar-refractivity contribution is -0.160. The van der Waals surface area contributed by atoms with E-state index >= 15 is 0 Å². The van der Waals surface area contributed by atoms with Crippen LogP contribution >= 0.6 is 0 Å². The van der Waals surface area contributed by atoms with Crippen LogP contribution < -0.4 is 0 Å². The average molecular weight is 529 g/mol. The summed E-state index contributed by atoms with van der Waals surface area (Å²) in [6, 6.07) is 8.51. The first-order valence-corrected chi connectivity index (χ1v) is 13.0. The SMILES string of the molecule is C=CCN(C[C@H](CC(=O)OC(C)(C)C)C(=O)N1C[C@H]2[C@@H]([C@H]1C(=O)OC)C2(C)C)C(=O)OCc1ccccc1. The van der Waals surface area contributed by atoms with Crippen LogP contribution in [0.4, 0.5) is 4.79 Å². The second kappa shape index (κ2) is 11.6. The van der Waals surface area contributed by atoms with Gasteiger partial charge in [-0.25, -0.2) is 9.59 Å². The Morgan fingerprint density at radius 3 is 2.42 bits per heavy atom. The molecular formula is C29H40N2O7. The van der Waals surface area contributed by atoms with Crippen LogP contribution in [0, 0.1) is 23.2 Å². The summed E-state index contributed by atoms with van der Waals surface area (Å²) in [4.78, 5) is 55.3. The van der Waals surface area contributed by atoms with Crippen molar-refractivity contribution in [1.29, 1.82) is 0 Å². The largest absolute Gasteiger partial charge is 0.467 e. The molecule has 1 aromatic carbocycles. The molecule has 1 saturated carbocycles. The van der Waals surface area contributed by atoms with Crippen LogP contribution in [0.25, 0.3) is 0 Å². The van der Waals surface area contributed by atoms with Gasteiger partial charge in [-0.2, -0.15) is 0 Å². The van der Waals surface area contributed by atoms with Crippen molar-refractivity contribution in [2.24, 2.45) is 23.2 Å². The summed E-state index contributed by atoms with van der Waals surface area (Å²) >= 11 is 0. The van der Waals surface area contributed by atoms with Gasteiger partial charge >= 0.3 is 18.0 Å². The Labute approximate surface area is 225 Å². The highest BCUT2D eigenvalue weighted by atomic mass is 16.6. The molecule has 38 heavy (non-hydrogen) atoms. The minimum absolute atomic E-state index is 0.0128. The number of hydrogen-bond donors (Lipinski definition) is 0. The molecule has 0 unspecified atom stereocenters. The second-order valence-corrected chi connectivity index (χ2v) is 11.6. The summed E-state index contributed by atoms with van der Waals surface area (Å²) in [5, 5.41) is 0. The lowest BCUT2D eigenvalue weighted by Gasteiger charge is -2.33. The number of rotatable bonds is 10. The number of esters is 2. The van der Waals surface area contributed by atoms with E-state index < -0.39 is 35.6 Å². The summed E-state index contributed by atoms with van der Waals surface area (Å²) in [5.74, 6) is -2.22. The van der Waals surface area contributed by atoms with Crippen LogP contribution in [-0.2, 0) is 35.2 Å². The number of amides is 2. The maximum absolute atomic E-state index is 13.9. The van der Waals surface area contributed by atoms with Gasteiger partial charge in [0.2, 0.25) is 5.91 Å². The molecule has 4 atom stereocenters. The number of hydrogen-bond acceptors (Lipinski definition) is 7. The van der Waals surface area contributed by atoms with Gasteiger partial charge in [-0.05, 0) is 37.7 Å². The van der Waals surface area contributed by atoms with Crippen LogP contribution in [0.3, 0.4) is 0 Å². The Hall–Kier alpha value is -3.36. The molecule has 0 radical (unpaired) electrons. The van der Waals surface area contributed by atoms with Gasteiger partial charge in [-0.1, -0.05) is 50.3 Å². The number of fused-ring (bicyclic) bond motifs is 1. The van der Waals surface area contributed by atoms with E-state index in [1.54, 1.807) is 20.8 Å². The van der Waals surface area contributed by atoms with Crippen LogP contribution in [-0.4, -0.2) is 72.1 Å². The third-order valence-electron chi connectivity index (χ3n) is 7.37. The van der Waals surface area contributed by atoms with Crippen LogP contribution in [0.2, 0.25) is 0 Å². The molecule has 1 aliphatic carbocycles. The highest BCUT2D eigenvalue weighted by molar-refractivity contribution is 5.90. The lowest BCUT2D eigenvalue weighted by atomic mass is 9.97. The number of benzene rings is 1. The molecule has 1 saturated heterocycles. The summed E-state index contributed by atoms with van der Waals surface area (Å²) in [6.07, 6.45) is 0.647. The Balaban J connectivity index is 1.81. The molecule has 9 nitrogen and oxygen atoms in total. The van der Waals surface area contributed by atoms with Gasteiger partial charge in [0.1, 0.15) is 18.2 Å². The Bertz CT molecular complexity index is 1050. The number of carbonyl (C=O) groups is 4. The van der Waals surface area contributed by atoms with E-state index in [-0.39, 0.29) is 49.3 Å². The van der Waals surface area contributed by atoms with Crippen molar-refractivity contribution in [2.75, 3.05) is 26.7 Å². The van der Waals surface area contributed by atoms with Crippen LogP contribution in [0.5, 0.6) is 0 Å². The zero-order chi connectivity index (χ0) is 28.3. The van der Waals surface area contributed by atoms with Gasteiger partial charge in [-0.3, -0.25) is 9.59 Å². The molecule has 0 bridgehead atoms. The Morgan fingerprint density at radius 1 is 1.18 bits per heavy atom. The van der Waals surface area contributed by atoms with Crippen molar-refractivity contribution in [1.82, 2.24) is 9.80 Å². The zero-order valence-electron chi connectivity index (χ0n) is 23.3. The van der Waals surface area contributed by atoms with Gasteiger partial charge in [0.25, 0.3) is 0 Å². The van der Waals surface area contributed by atoms with Gasteiger partial charge in [-0.15, -0.1) is 6.58 Å². The molecule has 1 heterocycles. The monoisotopic (exact) mass is 528 g/mol. The van der Waals surface area contributed by atoms with Gasteiger partial charge in [0.15, 0.2) is 0 Å². The zero-order valence-corrected chi connectivity index (χ0v) is 23.3. The molecule has 1 aromatic rings. The van der Waals surface area contributed by atoms with E-state index in [4.69, 9.17) is 14.2 Å². The van der Waals surface area contributed by atoms with Crippen molar-refractivity contribution in [3.05, 3.63) is 48.6 Å².